The lowest BCUT2D eigenvalue weighted by molar-refractivity contribution is 0.0953. The van der Waals surface area contributed by atoms with Crippen LogP contribution in [-0.2, 0) is 0 Å². The van der Waals surface area contributed by atoms with E-state index >= 15 is 0 Å². The van der Waals surface area contributed by atoms with Gasteiger partial charge in [0, 0.05) is 12.1 Å². The lowest BCUT2D eigenvalue weighted by Crippen LogP contribution is -2.24. The molecule has 1 aromatic carbocycles. The molecule has 0 unspecified atom stereocenters. The summed E-state index contributed by atoms with van der Waals surface area (Å²) in [4.78, 5) is 12.0. The molecule has 1 amide bonds. The predicted molar refractivity (Wildman–Crippen MR) is 84.2 cm³/mol. The molecule has 0 fully saturated rings. The maximum Gasteiger partial charge on any atom is 0.251 e. The molecule has 21 heavy (non-hydrogen) atoms. The van der Waals surface area contributed by atoms with Gasteiger partial charge in [0.25, 0.3) is 5.91 Å². The zero-order valence-corrected chi connectivity index (χ0v) is 12.7. The van der Waals surface area contributed by atoms with Crippen molar-refractivity contribution in [3.8, 4) is 0 Å². The second-order valence-electron chi connectivity index (χ2n) is 5.40. The van der Waals surface area contributed by atoms with Gasteiger partial charge in [0.1, 0.15) is 11.0 Å². The molecule has 0 aliphatic carbocycles. The molecule has 0 spiro atoms. The number of carbonyl (C=O) groups is 1. The molecule has 114 valence electrons. The Morgan fingerprint density at radius 1 is 1.05 bits per heavy atom. The molecule has 1 heterocycles. The minimum absolute atomic E-state index is 0.0362. The van der Waals surface area contributed by atoms with Crippen LogP contribution < -0.4 is 5.32 Å². The first kappa shape index (κ1) is 15.5. The van der Waals surface area contributed by atoms with E-state index in [2.05, 4.69) is 27.7 Å². The average molecular weight is 288 g/mol. The van der Waals surface area contributed by atoms with Crippen LogP contribution in [0.1, 0.15) is 62.2 Å². The number of rotatable bonds is 9. The fraction of sp³-hybridized carbons (Fsp3) is 0.562. The van der Waals surface area contributed by atoms with Crippen molar-refractivity contribution in [1.82, 2.24) is 20.7 Å². The topological polar surface area (TPSA) is 70.7 Å². The number of fused-ring (bicyclic) bond motifs is 1. The number of carbonyl (C=O) groups excluding carboxylic acids is 1. The molecule has 0 saturated carbocycles. The van der Waals surface area contributed by atoms with E-state index < -0.39 is 0 Å². The van der Waals surface area contributed by atoms with Crippen LogP contribution in [0.15, 0.2) is 18.2 Å². The summed E-state index contributed by atoms with van der Waals surface area (Å²) in [6, 6.07) is 5.35. The molecule has 0 aliphatic heterocycles. The quantitative estimate of drug-likeness (QED) is 0.694. The Balaban J connectivity index is 1.65. The number of H-pyrrole nitrogens is 1. The Morgan fingerprint density at radius 2 is 1.76 bits per heavy atom. The summed E-state index contributed by atoms with van der Waals surface area (Å²) >= 11 is 0. The molecule has 0 saturated heterocycles. The summed E-state index contributed by atoms with van der Waals surface area (Å²) in [5.41, 5.74) is 2.14. The standard InChI is InChI=1S/C16H24N4O/c1-2-3-4-5-6-7-8-11-17-16(21)13-9-10-14-15(12-13)19-20-18-14/h9-10,12H,2-8,11H2,1H3,(H,17,21)(H,18,19,20). The number of unbranched alkanes of at least 4 members (excludes halogenated alkanes) is 6. The Hall–Kier alpha value is -1.91. The Bertz CT molecular complexity index is 564. The third-order valence-electron chi connectivity index (χ3n) is 3.64. The molecule has 0 aliphatic rings. The number of benzene rings is 1. The molecule has 2 rings (SSSR count). The van der Waals surface area contributed by atoms with Crippen LogP contribution in [0.3, 0.4) is 0 Å². The third kappa shape index (κ3) is 4.85. The molecule has 2 aromatic rings. The van der Waals surface area contributed by atoms with E-state index in [-0.39, 0.29) is 5.91 Å². The Morgan fingerprint density at radius 3 is 2.57 bits per heavy atom. The Labute approximate surface area is 125 Å². The number of hydrogen-bond acceptors (Lipinski definition) is 3. The first-order chi connectivity index (χ1) is 10.3. The second kappa shape index (κ2) is 8.39. The molecular weight excluding hydrogens is 264 g/mol. The van der Waals surface area contributed by atoms with Gasteiger partial charge in [-0.2, -0.15) is 15.4 Å². The van der Waals surface area contributed by atoms with Gasteiger partial charge in [-0.1, -0.05) is 45.4 Å². The van der Waals surface area contributed by atoms with Crippen molar-refractivity contribution in [3.05, 3.63) is 23.8 Å². The van der Waals surface area contributed by atoms with Crippen LogP contribution in [0.4, 0.5) is 0 Å². The van der Waals surface area contributed by atoms with Crippen molar-refractivity contribution in [2.24, 2.45) is 0 Å². The van der Waals surface area contributed by atoms with Crippen molar-refractivity contribution in [1.29, 1.82) is 0 Å². The molecule has 5 heteroatoms. The zero-order chi connectivity index (χ0) is 14.9. The number of aromatic amines is 1. The van der Waals surface area contributed by atoms with Crippen LogP contribution in [0.25, 0.3) is 11.0 Å². The fourth-order valence-corrected chi connectivity index (χ4v) is 2.37. The van der Waals surface area contributed by atoms with Gasteiger partial charge in [0.2, 0.25) is 0 Å². The average Bonchev–Trinajstić information content (AvgIpc) is 2.97. The highest BCUT2D eigenvalue weighted by atomic mass is 16.1. The molecule has 0 radical (unpaired) electrons. The van der Waals surface area contributed by atoms with Gasteiger partial charge in [-0.05, 0) is 24.6 Å². The van der Waals surface area contributed by atoms with E-state index in [1.54, 1.807) is 12.1 Å². The number of nitrogens with one attached hydrogen (secondary N) is 2. The van der Waals surface area contributed by atoms with E-state index in [9.17, 15) is 4.79 Å². The highest BCUT2D eigenvalue weighted by Gasteiger charge is 2.07. The zero-order valence-electron chi connectivity index (χ0n) is 12.7. The maximum atomic E-state index is 12.0. The molecular formula is C16H24N4O. The number of aromatic nitrogens is 3. The SMILES string of the molecule is CCCCCCCCCNC(=O)c1ccc2n[nH]nc2c1. The Kier molecular flexibility index (Phi) is 6.19. The minimum Gasteiger partial charge on any atom is -0.352 e. The highest BCUT2D eigenvalue weighted by Crippen LogP contribution is 2.10. The minimum atomic E-state index is -0.0362. The van der Waals surface area contributed by atoms with Crippen molar-refractivity contribution in [3.63, 3.8) is 0 Å². The van der Waals surface area contributed by atoms with Crippen molar-refractivity contribution in [2.75, 3.05) is 6.54 Å². The smallest absolute Gasteiger partial charge is 0.251 e. The third-order valence-corrected chi connectivity index (χ3v) is 3.64. The predicted octanol–water partition coefficient (Wildman–Crippen LogP) is 3.44. The van der Waals surface area contributed by atoms with E-state index in [1.807, 2.05) is 6.07 Å². The number of hydrogen-bond donors (Lipinski definition) is 2. The van der Waals surface area contributed by atoms with Crippen molar-refractivity contribution < 1.29 is 4.79 Å². The molecule has 0 bridgehead atoms. The number of nitrogens with zero attached hydrogens (tertiary/aromatic N) is 2. The van der Waals surface area contributed by atoms with Crippen molar-refractivity contribution >= 4 is 16.9 Å². The van der Waals surface area contributed by atoms with Gasteiger partial charge in [0.15, 0.2) is 0 Å². The van der Waals surface area contributed by atoms with Gasteiger partial charge in [-0.25, -0.2) is 0 Å². The summed E-state index contributed by atoms with van der Waals surface area (Å²) in [6.07, 6.45) is 8.76. The van der Waals surface area contributed by atoms with E-state index in [0.717, 1.165) is 24.0 Å². The monoisotopic (exact) mass is 288 g/mol. The van der Waals surface area contributed by atoms with Gasteiger partial charge >= 0.3 is 0 Å². The van der Waals surface area contributed by atoms with E-state index in [0.29, 0.717) is 5.56 Å². The van der Waals surface area contributed by atoms with E-state index in [4.69, 9.17) is 0 Å². The van der Waals surface area contributed by atoms with Crippen LogP contribution >= 0.6 is 0 Å². The maximum absolute atomic E-state index is 12.0. The number of amides is 1. The summed E-state index contributed by atoms with van der Waals surface area (Å²) in [7, 11) is 0. The summed E-state index contributed by atoms with van der Waals surface area (Å²) in [5.74, 6) is -0.0362. The van der Waals surface area contributed by atoms with Gasteiger partial charge in [-0.3, -0.25) is 4.79 Å². The van der Waals surface area contributed by atoms with Crippen LogP contribution in [0.2, 0.25) is 0 Å². The summed E-state index contributed by atoms with van der Waals surface area (Å²) in [5, 5.41) is 13.5. The second-order valence-corrected chi connectivity index (χ2v) is 5.40. The van der Waals surface area contributed by atoms with Crippen molar-refractivity contribution in [2.45, 2.75) is 51.9 Å². The molecule has 1 aromatic heterocycles. The van der Waals surface area contributed by atoms with Gasteiger partial charge in [-0.15, -0.1) is 0 Å². The van der Waals surface area contributed by atoms with E-state index in [1.165, 1.54) is 38.5 Å². The molecule has 2 N–H and O–H groups in total. The molecule has 5 nitrogen and oxygen atoms in total. The van der Waals surface area contributed by atoms with Crippen LogP contribution in [0.5, 0.6) is 0 Å². The summed E-state index contributed by atoms with van der Waals surface area (Å²) in [6.45, 7) is 2.97. The lowest BCUT2D eigenvalue weighted by atomic mass is 10.1. The van der Waals surface area contributed by atoms with Gasteiger partial charge in [0.05, 0.1) is 0 Å². The highest BCUT2D eigenvalue weighted by molar-refractivity contribution is 5.97. The lowest BCUT2D eigenvalue weighted by Gasteiger charge is -2.05. The van der Waals surface area contributed by atoms with Gasteiger partial charge < -0.3 is 5.32 Å². The first-order valence-corrected chi connectivity index (χ1v) is 7.90. The first-order valence-electron chi connectivity index (χ1n) is 7.90. The largest absolute Gasteiger partial charge is 0.352 e. The van der Waals surface area contributed by atoms with Crippen LogP contribution in [-0.4, -0.2) is 27.9 Å². The van der Waals surface area contributed by atoms with Crippen LogP contribution in [0, 0.1) is 0 Å². The summed E-state index contributed by atoms with van der Waals surface area (Å²) < 4.78 is 0. The fourth-order valence-electron chi connectivity index (χ4n) is 2.37. The normalized spacial score (nSPS) is 10.9. The molecule has 0 atom stereocenters.